The molecule has 7 heteroatoms. The van der Waals surface area contributed by atoms with Gasteiger partial charge in [0.05, 0.1) is 6.20 Å². The lowest BCUT2D eigenvalue weighted by atomic mass is 9.99. The van der Waals surface area contributed by atoms with Gasteiger partial charge in [-0.25, -0.2) is 14.8 Å². The predicted octanol–water partition coefficient (Wildman–Crippen LogP) is 2.10. The van der Waals surface area contributed by atoms with Gasteiger partial charge in [0.25, 0.3) is 0 Å². The van der Waals surface area contributed by atoms with Gasteiger partial charge in [0.15, 0.2) is 5.82 Å². The van der Waals surface area contributed by atoms with Gasteiger partial charge in [0, 0.05) is 39.3 Å². The lowest BCUT2D eigenvalue weighted by Crippen LogP contribution is -2.54. The van der Waals surface area contributed by atoms with E-state index >= 15 is 0 Å². The Balaban J connectivity index is 1.55. The first kappa shape index (κ1) is 15.3. The van der Waals surface area contributed by atoms with Crippen LogP contribution in [0.2, 0.25) is 5.02 Å². The largest absolute Gasteiger partial charge is 0.352 e. The Bertz CT molecular complexity index is 524. The lowest BCUT2D eigenvalue weighted by Gasteiger charge is -2.39. The molecule has 2 fully saturated rings. The third-order valence-electron chi connectivity index (χ3n) is 4.55. The number of hydrogen-bond donors (Lipinski definition) is 0. The molecule has 0 spiro atoms. The third-order valence-corrected chi connectivity index (χ3v) is 4.82. The summed E-state index contributed by atoms with van der Waals surface area (Å²) in [6.45, 7) is 6.97. The van der Waals surface area contributed by atoms with Crippen molar-refractivity contribution < 1.29 is 4.79 Å². The summed E-state index contributed by atoms with van der Waals surface area (Å²) in [5, 5.41) is 0.562. The zero-order chi connectivity index (χ0) is 15.5. The van der Waals surface area contributed by atoms with Crippen LogP contribution in [0.3, 0.4) is 0 Å². The maximum atomic E-state index is 12.6. The van der Waals surface area contributed by atoms with Gasteiger partial charge >= 0.3 is 6.03 Å². The molecule has 0 unspecified atom stereocenters. The summed E-state index contributed by atoms with van der Waals surface area (Å²) < 4.78 is 0. The first-order valence-electron chi connectivity index (χ1n) is 7.89. The maximum Gasteiger partial charge on any atom is 0.320 e. The maximum absolute atomic E-state index is 12.6. The van der Waals surface area contributed by atoms with Gasteiger partial charge in [0.1, 0.15) is 11.3 Å². The summed E-state index contributed by atoms with van der Waals surface area (Å²) in [6, 6.07) is 0.181. The normalized spacial score (nSPS) is 20.4. The van der Waals surface area contributed by atoms with Crippen LogP contribution in [-0.2, 0) is 0 Å². The molecule has 2 aliphatic rings. The molecule has 1 aromatic heterocycles. The van der Waals surface area contributed by atoms with Crippen LogP contribution in [0.5, 0.6) is 0 Å². The minimum Gasteiger partial charge on any atom is -0.352 e. The van der Waals surface area contributed by atoms with Crippen molar-refractivity contribution in [2.45, 2.75) is 19.8 Å². The van der Waals surface area contributed by atoms with Crippen LogP contribution in [0.15, 0.2) is 12.5 Å². The molecule has 2 amide bonds. The predicted molar refractivity (Wildman–Crippen MR) is 86.2 cm³/mol. The number of carbonyl (C=O) groups is 1. The van der Waals surface area contributed by atoms with E-state index in [1.165, 1.54) is 6.33 Å². The number of carbonyl (C=O) groups excluding carboxylic acids is 1. The highest BCUT2D eigenvalue weighted by molar-refractivity contribution is 6.32. The summed E-state index contributed by atoms with van der Waals surface area (Å²) in [4.78, 5) is 26.8. The van der Waals surface area contributed by atoms with Crippen molar-refractivity contribution in [2.75, 3.05) is 44.2 Å². The Labute approximate surface area is 136 Å². The van der Waals surface area contributed by atoms with Gasteiger partial charge in [0.2, 0.25) is 0 Å². The number of piperidine rings is 1. The van der Waals surface area contributed by atoms with Crippen molar-refractivity contribution in [2.24, 2.45) is 5.92 Å². The Kier molecular flexibility index (Phi) is 4.66. The number of nitrogens with zero attached hydrogens (tertiary/aromatic N) is 5. The SMILES string of the molecule is CC1CCN(C(=O)N2CCN(c3ncncc3Cl)CC2)CC1. The lowest BCUT2D eigenvalue weighted by molar-refractivity contribution is 0.132. The van der Waals surface area contributed by atoms with E-state index < -0.39 is 0 Å². The Morgan fingerprint density at radius 3 is 2.41 bits per heavy atom. The number of amides is 2. The highest BCUT2D eigenvalue weighted by Gasteiger charge is 2.28. The average Bonchev–Trinajstić information content (AvgIpc) is 2.56. The molecule has 6 nitrogen and oxygen atoms in total. The quantitative estimate of drug-likeness (QED) is 0.794. The molecule has 0 aliphatic carbocycles. The van der Waals surface area contributed by atoms with Crippen LogP contribution < -0.4 is 4.90 Å². The van der Waals surface area contributed by atoms with Gasteiger partial charge in [-0.15, -0.1) is 0 Å². The van der Waals surface area contributed by atoms with Crippen LogP contribution in [0.25, 0.3) is 0 Å². The Morgan fingerprint density at radius 2 is 1.77 bits per heavy atom. The van der Waals surface area contributed by atoms with Crippen molar-refractivity contribution in [3.05, 3.63) is 17.5 Å². The number of urea groups is 1. The zero-order valence-corrected chi connectivity index (χ0v) is 13.7. The summed E-state index contributed by atoms with van der Waals surface area (Å²) in [7, 11) is 0. The van der Waals surface area contributed by atoms with Crippen LogP contribution in [-0.4, -0.2) is 65.1 Å². The molecule has 3 rings (SSSR count). The second-order valence-electron chi connectivity index (χ2n) is 6.12. The zero-order valence-electron chi connectivity index (χ0n) is 12.9. The molecule has 2 saturated heterocycles. The molecule has 2 aliphatic heterocycles. The van der Waals surface area contributed by atoms with Crippen LogP contribution in [0, 0.1) is 5.92 Å². The first-order valence-corrected chi connectivity index (χ1v) is 8.27. The monoisotopic (exact) mass is 323 g/mol. The van der Waals surface area contributed by atoms with E-state index in [1.54, 1.807) is 6.20 Å². The number of hydrogen-bond acceptors (Lipinski definition) is 4. The van der Waals surface area contributed by atoms with Gasteiger partial charge in [-0.2, -0.15) is 0 Å². The van der Waals surface area contributed by atoms with E-state index in [4.69, 9.17) is 11.6 Å². The molecule has 1 aromatic rings. The molecule has 0 aromatic carbocycles. The summed E-state index contributed by atoms with van der Waals surface area (Å²) >= 11 is 6.14. The van der Waals surface area contributed by atoms with E-state index in [0.717, 1.165) is 50.8 Å². The molecule has 22 heavy (non-hydrogen) atoms. The first-order chi connectivity index (χ1) is 10.6. The van der Waals surface area contributed by atoms with Crippen molar-refractivity contribution >= 4 is 23.4 Å². The molecule has 120 valence electrons. The minimum atomic E-state index is 0.181. The van der Waals surface area contributed by atoms with Crippen molar-refractivity contribution in [3.8, 4) is 0 Å². The minimum absolute atomic E-state index is 0.181. The summed E-state index contributed by atoms with van der Waals surface area (Å²) in [5.74, 6) is 1.50. The van der Waals surface area contributed by atoms with E-state index in [0.29, 0.717) is 18.1 Å². The molecule has 3 heterocycles. The number of aromatic nitrogens is 2. The van der Waals surface area contributed by atoms with E-state index in [9.17, 15) is 4.79 Å². The van der Waals surface area contributed by atoms with Crippen molar-refractivity contribution in [1.82, 2.24) is 19.8 Å². The van der Waals surface area contributed by atoms with Gasteiger partial charge in [-0.1, -0.05) is 18.5 Å². The third kappa shape index (κ3) is 3.27. The van der Waals surface area contributed by atoms with Crippen LogP contribution in [0.1, 0.15) is 19.8 Å². The fourth-order valence-corrected chi connectivity index (χ4v) is 3.27. The van der Waals surface area contributed by atoms with Crippen LogP contribution >= 0.6 is 11.6 Å². The highest BCUT2D eigenvalue weighted by atomic mass is 35.5. The highest BCUT2D eigenvalue weighted by Crippen LogP contribution is 2.23. The van der Waals surface area contributed by atoms with E-state index in [-0.39, 0.29) is 6.03 Å². The Morgan fingerprint density at radius 1 is 1.14 bits per heavy atom. The number of rotatable bonds is 1. The van der Waals surface area contributed by atoms with Gasteiger partial charge in [-0.05, 0) is 18.8 Å². The van der Waals surface area contributed by atoms with Gasteiger partial charge < -0.3 is 14.7 Å². The fraction of sp³-hybridized carbons (Fsp3) is 0.667. The number of piperazine rings is 1. The molecule has 0 N–H and O–H groups in total. The second kappa shape index (κ2) is 6.69. The fourth-order valence-electron chi connectivity index (χ4n) is 3.05. The number of halogens is 1. The second-order valence-corrected chi connectivity index (χ2v) is 6.53. The van der Waals surface area contributed by atoms with E-state index in [2.05, 4.69) is 21.8 Å². The topological polar surface area (TPSA) is 52.6 Å². The summed E-state index contributed by atoms with van der Waals surface area (Å²) in [5.41, 5.74) is 0. The molecular weight excluding hydrogens is 302 g/mol. The van der Waals surface area contributed by atoms with Gasteiger partial charge in [-0.3, -0.25) is 0 Å². The van der Waals surface area contributed by atoms with Crippen molar-refractivity contribution in [3.63, 3.8) is 0 Å². The number of anilines is 1. The molecule has 0 radical (unpaired) electrons. The molecule has 0 atom stereocenters. The number of likely N-dealkylation sites (tertiary alicyclic amines) is 1. The molecular formula is C15H22ClN5O. The smallest absolute Gasteiger partial charge is 0.320 e. The van der Waals surface area contributed by atoms with Crippen LogP contribution in [0.4, 0.5) is 10.6 Å². The van der Waals surface area contributed by atoms with E-state index in [1.807, 2.05) is 9.80 Å². The summed E-state index contributed by atoms with van der Waals surface area (Å²) in [6.07, 6.45) is 5.34. The molecule has 0 bridgehead atoms. The van der Waals surface area contributed by atoms with Crippen molar-refractivity contribution in [1.29, 1.82) is 0 Å². The standard InChI is InChI=1S/C15H22ClN5O/c1-12-2-4-20(5-3-12)15(22)21-8-6-19(7-9-21)14-13(16)10-17-11-18-14/h10-12H,2-9H2,1H3. The average molecular weight is 324 g/mol. The Hall–Kier alpha value is -1.56. The molecule has 0 saturated carbocycles.